The summed E-state index contributed by atoms with van der Waals surface area (Å²) in [4.78, 5) is 14.1. The molecule has 24 heavy (non-hydrogen) atoms. The molecular weight excluding hydrogens is 324 g/mol. The fourth-order valence-corrected chi connectivity index (χ4v) is 2.90. The number of nitrogens with one attached hydrogen (secondary N) is 1. The fraction of sp³-hybridized carbons (Fsp3) is 0.316. The van der Waals surface area contributed by atoms with Crippen LogP contribution >= 0.6 is 11.6 Å². The van der Waals surface area contributed by atoms with E-state index in [1.54, 1.807) is 36.2 Å². The van der Waals surface area contributed by atoms with Crippen molar-refractivity contribution in [3.63, 3.8) is 0 Å². The SMILES string of the molecule is CN(Cc1ccc([C@@H]2CNCCO2)cc1)C(=O)c1ccc(Cl)cc1. The van der Waals surface area contributed by atoms with E-state index in [1.165, 1.54) is 0 Å². The predicted octanol–water partition coefficient (Wildman–Crippen LogP) is 3.27. The van der Waals surface area contributed by atoms with E-state index in [-0.39, 0.29) is 12.0 Å². The maximum atomic E-state index is 12.4. The summed E-state index contributed by atoms with van der Waals surface area (Å²) in [6.07, 6.45) is 0.112. The first-order valence-electron chi connectivity index (χ1n) is 8.05. The van der Waals surface area contributed by atoms with Gasteiger partial charge in [0.25, 0.3) is 5.91 Å². The van der Waals surface area contributed by atoms with Gasteiger partial charge in [-0.25, -0.2) is 0 Å². The average Bonchev–Trinajstić information content (AvgIpc) is 2.63. The lowest BCUT2D eigenvalue weighted by molar-refractivity contribution is 0.0277. The molecule has 0 spiro atoms. The van der Waals surface area contributed by atoms with Crippen LogP contribution in [-0.4, -0.2) is 37.6 Å². The Morgan fingerprint density at radius 2 is 1.92 bits per heavy atom. The van der Waals surface area contributed by atoms with Crippen molar-refractivity contribution in [3.8, 4) is 0 Å². The Labute approximate surface area is 147 Å². The Bertz CT molecular complexity index is 680. The van der Waals surface area contributed by atoms with E-state index in [0.717, 1.165) is 30.8 Å². The minimum atomic E-state index is -0.0180. The van der Waals surface area contributed by atoms with Gasteiger partial charge in [0.05, 0.1) is 12.7 Å². The summed E-state index contributed by atoms with van der Waals surface area (Å²) in [5.74, 6) is -0.0180. The molecule has 2 aromatic rings. The molecule has 1 saturated heterocycles. The maximum absolute atomic E-state index is 12.4. The molecule has 4 nitrogen and oxygen atoms in total. The molecule has 1 heterocycles. The highest BCUT2D eigenvalue weighted by atomic mass is 35.5. The smallest absolute Gasteiger partial charge is 0.253 e. The van der Waals surface area contributed by atoms with Gasteiger partial charge in [0.1, 0.15) is 0 Å². The topological polar surface area (TPSA) is 41.6 Å². The zero-order chi connectivity index (χ0) is 16.9. The van der Waals surface area contributed by atoms with Crippen molar-refractivity contribution in [2.24, 2.45) is 0 Å². The molecule has 0 aromatic heterocycles. The molecule has 0 bridgehead atoms. The monoisotopic (exact) mass is 344 g/mol. The Hall–Kier alpha value is -1.88. The molecule has 0 radical (unpaired) electrons. The van der Waals surface area contributed by atoms with Gasteiger partial charge in [-0.2, -0.15) is 0 Å². The van der Waals surface area contributed by atoms with Crippen molar-refractivity contribution in [3.05, 3.63) is 70.2 Å². The molecule has 1 amide bonds. The summed E-state index contributed by atoms with van der Waals surface area (Å²) in [6.45, 7) is 3.05. The number of carbonyl (C=O) groups excluding carboxylic acids is 1. The number of nitrogens with zero attached hydrogens (tertiary/aromatic N) is 1. The van der Waals surface area contributed by atoms with Gasteiger partial charge in [0.2, 0.25) is 0 Å². The van der Waals surface area contributed by atoms with Gasteiger partial charge in [0, 0.05) is 37.3 Å². The van der Waals surface area contributed by atoms with Crippen LogP contribution in [0.2, 0.25) is 5.02 Å². The van der Waals surface area contributed by atoms with E-state index in [1.807, 2.05) is 0 Å². The van der Waals surface area contributed by atoms with Crippen LogP contribution in [0, 0.1) is 0 Å². The van der Waals surface area contributed by atoms with Gasteiger partial charge in [-0.3, -0.25) is 4.79 Å². The Balaban J connectivity index is 1.62. The van der Waals surface area contributed by atoms with Gasteiger partial charge in [-0.1, -0.05) is 35.9 Å². The lowest BCUT2D eigenvalue weighted by Gasteiger charge is -2.24. The lowest BCUT2D eigenvalue weighted by Crippen LogP contribution is -2.33. The number of ether oxygens (including phenoxy) is 1. The van der Waals surface area contributed by atoms with Crippen LogP contribution in [0.15, 0.2) is 48.5 Å². The summed E-state index contributed by atoms with van der Waals surface area (Å²) in [5.41, 5.74) is 2.89. The van der Waals surface area contributed by atoms with E-state index >= 15 is 0 Å². The van der Waals surface area contributed by atoms with E-state index in [0.29, 0.717) is 17.1 Å². The quantitative estimate of drug-likeness (QED) is 0.925. The second kappa shape index (κ2) is 7.79. The Morgan fingerprint density at radius 1 is 1.21 bits per heavy atom. The third kappa shape index (κ3) is 4.15. The molecule has 1 N–H and O–H groups in total. The van der Waals surface area contributed by atoms with E-state index in [4.69, 9.17) is 16.3 Å². The number of benzene rings is 2. The van der Waals surface area contributed by atoms with Crippen LogP contribution in [0.25, 0.3) is 0 Å². The van der Waals surface area contributed by atoms with E-state index < -0.39 is 0 Å². The molecule has 0 aliphatic carbocycles. The number of hydrogen-bond acceptors (Lipinski definition) is 3. The number of amides is 1. The summed E-state index contributed by atoms with van der Waals surface area (Å²) in [5, 5.41) is 3.96. The summed E-state index contributed by atoms with van der Waals surface area (Å²) < 4.78 is 5.75. The largest absolute Gasteiger partial charge is 0.371 e. The van der Waals surface area contributed by atoms with Crippen molar-refractivity contribution < 1.29 is 9.53 Å². The van der Waals surface area contributed by atoms with E-state index in [2.05, 4.69) is 29.6 Å². The molecule has 0 saturated carbocycles. The van der Waals surface area contributed by atoms with Gasteiger partial charge >= 0.3 is 0 Å². The third-order valence-corrected chi connectivity index (χ3v) is 4.39. The number of hydrogen-bond donors (Lipinski definition) is 1. The Kier molecular flexibility index (Phi) is 5.51. The average molecular weight is 345 g/mol. The zero-order valence-corrected chi connectivity index (χ0v) is 14.4. The lowest BCUT2D eigenvalue weighted by atomic mass is 10.1. The van der Waals surface area contributed by atoms with Crippen molar-refractivity contribution in [1.29, 1.82) is 0 Å². The fourth-order valence-electron chi connectivity index (χ4n) is 2.78. The molecule has 2 aromatic carbocycles. The standard InChI is InChI=1S/C19H21ClN2O2/c1-22(19(23)16-6-8-17(20)9-7-16)13-14-2-4-15(5-3-14)18-12-21-10-11-24-18/h2-9,18,21H,10-13H2,1H3/t18-/m0/s1. The molecule has 3 rings (SSSR count). The van der Waals surface area contributed by atoms with Crippen LogP contribution in [0.5, 0.6) is 0 Å². The Morgan fingerprint density at radius 3 is 2.54 bits per heavy atom. The van der Waals surface area contributed by atoms with Crippen molar-refractivity contribution in [2.45, 2.75) is 12.6 Å². The van der Waals surface area contributed by atoms with E-state index in [9.17, 15) is 4.79 Å². The summed E-state index contributed by atoms with van der Waals surface area (Å²) in [7, 11) is 1.80. The predicted molar refractivity (Wildman–Crippen MR) is 95.3 cm³/mol. The molecule has 1 aliphatic heterocycles. The van der Waals surface area contributed by atoms with Gasteiger partial charge in [-0.05, 0) is 35.4 Å². The van der Waals surface area contributed by atoms with Gasteiger partial charge in [0.15, 0.2) is 0 Å². The molecule has 126 valence electrons. The molecular formula is C19H21ClN2O2. The third-order valence-electron chi connectivity index (χ3n) is 4.14. The highest BCUT2D eigenvalue weighted by Gasteiger charge is 2.16. The van der Waals surface area contributed by atoms with Gasteiger partial charge in [-0.15, -0.1) is 0 Å². The first-order valence-corrected chi connectivity index (χ1v) is 8.43. The number of carbonyl (C=O) groups is 1. The minimum Gasteiger partial charge on any atom is -0.371 e. The normalized spacial score (nSPS) is 17.5. The number of morpholine rings is 1. The summed E-state index contributed by atoms with van der Waals surface area (Å²) in [6, 6.07) is 15.2. The summed E-state index contributed by atoms with van der Waals surface area (Å²) >= 11 is 5.86. The molecule has 0 unspecified atom stereocenters. The van der Waals surface area contributed by atoms with Crippen LogP contribution in [0.3, 0.4) is 0 Å². The van der Waals surface area contributed by atoms with Crippen LogP contribution < -0.4 is 5.32 Å². The zero-order valence-electron chi connectivity index (χ0n) is 13.7. The first-order chi connectivity index (χ1) is 11.6. The van der Waals surface area contributed by atoms with Crippen molar-refractivity contribution in [1.82, 2.24) is 10.2 Å². The van der Waals surface area contributed by atoms with Crippen molar-refractivity contribution in [2.75, 3.05) is 26.7 Å². The highest BCUT2D eigenvalue weighted by Crippen LogP contribution is 2.20. The first kappa shape index (κ1) is 17.0. The number of rotatable bonds is 4. The molecule has 1 atom stereocenters. The highest BCUT2D eigenvalue weighted by molar-refractivity contribution is 6.30. The van der Waals surface area contributed by atoms with Crippen LogP contribution in [-0.2, 0) is 11.3 Å². The van der Waals surface area contributed by atoms with Crippen molar-refractivity contribution >= 4 is 17.5 Å². The van der Waals surface area contributed by atoms with Crippen LogP contribution in [0.1, 0.15) is 27.6 Å². The molecule has 1 aliphatic rings. The second-order valence-corrected chi connectivity index (χ2v) is 6.41. The maximum Gasteiger partial charge on any atom is 0.253 e. The molecule has 1 fully saturated rings. The van der Waals surface area contributed by atoms with Gasteiger partial charge < -0.3 is 15.0 Å². The van der Waals surface area contributed by atoms with Crippen LogP contribution in [0.4, 0.5) is 0 Å². The second-order valence-electron chi connectivity index (χ2n) is 5.97. The molecule has 5 heteroatoms. The minimum absolute atomic E-state index is 0.0180. The number of halogens is 1.